The van der Waals surface area contributed by atoms with E-state index < -0.39 is 0 Å². The van der Waals surface area contributed by atoms with Crippen LogP contribution in [0.3, 0.4) is 0 Å². The first-order valence-corrected chi connectivity index (χ1v) is 3.48. The summed E-state index contributed by atoms with van der Waals surface area (Å²) < 4.78 is 4.49. The van der Waals surface area contributed by atoms with Gasteiger partial charge in [-0.2, -0.15) is 0 Å². The summed E-state index contributed by atoms with van der Waals surface area (Å²) in [7, 11) is 5.26. The molecule has 64 valence electrons. The lowest BCUT2D eigenvalue weighted by Gasteiger charge is -2.09. The number of esters is 1. The van der Waals surface area contributed by atoms with Crippen molar-refractivity contribution in [1.29, 1.82) is 0 Å². The number of carbonyl (C=O) groups excluding carboxylic acids is 1. The Hall–Kier alpha value is -0.830. The van der Waals surface area contributed by atoms with Crippen molar-refractivity contribution in [2.24, 2.45) is 0 Å². The van der Waals surface area contributed by atoms with Crippen LogP contribution in [-0.4, -0.2) is 38.6 Å². The molecule has 0 aliphatic rings. The van der Waals surface area contributed by atoms with Gasteiger partial charge in [-0.3, -0.25) is 0 Å². The molecule has 3 nitrogen and oxygen atoms in total. The predicted molar refractivity (Wildman–Crippen MR) is 44.3 cm³/mol. The topological polar surface area (TPSA) is 29.5 Å². The first-order valence-electron chi connectivity index (χ1n) is 3.48. The summed E-state index contributed by atoms with van der Waals surface area (Å²) in [6, 6.07) is 0. The summed E-state index contributed by atoms with van der Waals surface area (Å²) in [4.78, 5) is 12.8. The van der Waals surface area contributed by atoms with E-state index in [1.165, 1.54) is 7.11 Å². The Balaban J connectivity index is 3.61. The average molecular weight is 157 g/mol. The Morgan fingerprint density at radius 3 is 2.45 bits per heavy atom. The summed E-state index contributed by atoms with van der Waals surface area (Å²) in [5.74, 6) is -0.313. The number of ether oxygens (including phenoxy) is 1. The molecule has 0 aromatic rings. The van der Waals surface area contributed by atoms with E-state index in [0.717, 1.165) is 6.54 Å². The second-order valence-corrected chi connectivity index (χ2v) is 2.65. The standard InChI is InChI=1S/C8H15NO2/c1-7(8(10)11-4)5-6-9(2)3/h1,5-6H2,2-4H3. The maximum atomic E-state index is 10.8. The Morgan fingerprint density at radius 2 is 2.09 bits per heavy atom. The molecule has 0 aromatic heterocycles. The van der Waals surface area contributed by atoms with E-state index in [-0.39, 0.29) is 5.97 Å². The zero-order chi connectivity index (χ0) is 8.85. The molecule has 0 saturated heterocycles. The van der Waals surface area contributed by atoms with Crippen molar-refractivity contribution in [1.82, 2.24) is 4.90 Å². The highest BCUT2D eigenvalue weighted by molar-refractivity contribution is 5.87. The predicted octanol–water partition coefficient (Wildman–Crippen LogP) is 0.667. The van der Waals surface area contributed by atoms with Gasteiger partial charge < -0.3 is 9.64 Å². The molecule has 0 fully saturated rings. The van der Waals surface area contributed by atoms with Crippen LogP contribution in [0.1, 0.15) is 6.42 Å². The van der Waals surface area contributed by atoms with Crippen molar-refractivity contribution >= 4 is 5.97 Å². The Morgan fingerprint density at radius 1 is 1.55 bits per heavy atom. The highest BCUT2D eigenvalue weighted by Crippen LogP contribution is 2.00. The number of methoxy groups -OCH3 is 1. The molecule has 0 N–H and O–H groups in total. The molecule has 3 heteroatoms. The van der Waals surface area contributed by atoms with Gasteiger partial charge in [-0.15, -0.1) is 0 Å². The van der Waals surface area contributed by atoms with Crippen LogP contribution < -0.4 is 0 Å². The highest BCUT2D eigenvalue weighted by Gasteiger charge is 2.05. The largest absolute Gasteiger partial charge is 0.466 e. The van der Waals surface area contributed by atoms with E-state index in [0.29, 0.717) is 12.0 Å². The molecule has 0 aromatic carbocycles. The third-order valence-corrected chi connectivity index (χ3v) is 1.33. The number of hydrogen-bond donors (Lipinski definition) is 0. The van der Waals surface area contributed by atoms with E-state index in [1.54, 1.807) is 0 Å². The first kappa shape index (κ1) is 10.2. The molecule has 0 aliphatic heterocycles. The zero-order valence-corrected chi connectivity index (χ0v) is 7.39. The molecule has 0 rings (SSSR count). The smallest absolute Gasteiger partial charge is 0.333 e. The maximum absolute atomic E-state index is 10.8. The van der Waals surface area contributed by atoms with Gasteiger partial charge in [0.1, 0.15) is 0 Å². The monoisotopic (exact) mass is 157 g/mol. The lowest BCUT2D eigenvalue weighted by atomic mass is 10.2. The number of rotatable bonds is 4. The second-order valence-electron chi connectivity index (χ2n) is 2.65. The van der Waals surface area contributed by atoms with Crippen molar-refractivity contribution in [3.63, 3.8) is 0 Å². The fraction of sp³-hybridized carbons (Fsp3) is 0.625. The van der Waals surface area contributed by atoms with Gasteiger partial charge in [0.15, 0.2) is 0 Å². The molecule has 11 heavy (non-hydrogen) atoms. The highest BCUT2D eigenvalue weighted by atomic mass is 16.5. The minimum atomic E-state index is -0.313. The number of hydrogen-bond acceptors (Lipinski definition) is 3. The fourth-order valence-corrected chi connectivity index (χ4v) is 0.605. The van der Waals surface area contributed by atoms with Crippen molar-refractivity contribution in [3.05, 3.63) is 12.2 Å². The zero-order valence-electron chi connectivity index (χ0n) is 7.39. The summed E-state index contributed by atoms with van der Waals surface area (Å²) in [5.41, 5.74) is 0.529. The van der Waals surface area contributed by atoms with Crippen LogP contribution in [0.2, 0.25) is 0 Å². The van der Waals surface area contributed by atoms with E-state index in [2.05, 4.69) is 11.3 Å². The molecule has 0 aliphatic carbocycles. The van der Waals surface area contributed by atoms with Crippen LogP contribution in [0.4, 0.5) is 0 Å². The van der Waals surface area contributed by atoms with Crippen LogP contribution >= 0.6 is 0 Å². The van der Waals surface area contributed by atoms with E-state index in [4.69, 9.17) is 0 Å². The van der Waals surface area contributed by atoms with Crippen LogP contribution in [0.15, 0.2) is 12.2 Å². The number of nitrogens with zero attached hydrogens (tertiary/aromatic N) is 1. The van der Waals surface area contributed by atoms with Crippen molar-refractivity contribution < 1.29 is 9.53 Å². The Bertz CT molecular complexity index is 152. The lowest BCUT2D eigenvalue weighted by Crippen LogP contribution is -2.16. The van der Waals surface area contributed by atoms with Crippen LogP contribution in [0, 0.1) is 0 Å². The molecule has 0 amide bonds. The summed E-state index contributed by atoms with van der Waals surface area (Å²) in [6.07, 6.45) is 0.666. The van der Waals surface area contributed by atoms with Gasteiger partial charge in [0, 0.05) is 12.1 Å². The summed E-state index contributed by atoms with van der Waals surface area (Å²) in [5, 5.41) is 0. The third kappa shape index (κ3) is 4.56. The van der Waals surface area contributed by atoms with Gasteiger partial charge in [0.25, 0.3) is 0 Å². The fourth-order valence-electron chi connectivity index (χ4n) is 0.605. The van der Waals surface area contributed by atoms with Gasteiger partial charge in [-0.25, -0.2) is 4.79 Å². The maximum Gasteiger partial charge on any atom is 0.333 e. The van der Waals surface area contributed by atoms with Crippen molar-refractivity contribution in [2.45, 2.75) is 6.42 Å². The molecule has 0 bridgehead atoms. The first-order chi connectivity index (χ1) is 5.07. The third-order valence-electron chi connectivity index (χ3n) is 1.33. The van der Waals surface area contributed by atoms with Crippen LogP contribution in [0.25, 0.3) is 0 Å². The van der Waals surface area contributed by atoms with Gasteiger partial charge in [-0.1, -0.05) is 6.58 Å². The molecular weight excluding hydrogens is 142 g/mol. The van der Waals surface area contributed by atoms with E-state index in [1.807, 2.05) is 19.0 Å². The normalized spacial score (nSPS) is 9.82. The molecule has 0 heterocycles. The minimum Gasteiger partial charge on any atom is -0.466 e. The summed E-state index contributed by atoms with van der Waals surface area (Å²) >= 11 is 0. The molecule has 0 atom stereocenters. The molecule has 0 radical (unpaired) electrons. The van der Waals surface area contributed by atoms with E-state index in [9.17, 15) is 4.79 Å². The number of carbonyl (C=O) groups is 1. The quantitative estimate of drug-likeness (QED) is 0.443. The van der Waals surface area contributed by atoms with Crippen LogP contribution in [0.5, 0.6) is 0 Å². The van der Waals surface area contributed by atoms with Gasteiger partial charge in [0.2, 0.25) is 0 Å². The SMILES string of the molecule is C=C(CCN(C)C)C(=O)OC. The lowest BCUT2D eigenvalue weighted by molar-refractivity contribution is -0.136. The summed E-state index contributed by atoms with van der Waals surface area (Å²) in [6.45, 7) is 4.42. The molecule has 0 unspecified atom stereocenters. The Labute approximate surface area is 67.6 Å². The van der Waals surface area contributed by atoms with Crippen molar-refractivity contribution in [2.75, 3.05) is 27.7 Å². The molecule has 0 spiro atoms. The molecular formula is C8H15NO2. The Kier molecular flexibility index (Phi) is 4.54. The minimum absolute atomic E-state index is 0.313. The van der Waals surface area contributed by atoms with Gasteiger partial charge >= 0.3 is 5.97 Å². The van der Waals surface area contributed by atoms with Gasteiger partial charge in [-0.05, 0) is 20.5 Å². The van der Waals surface area contributed by atoms with E-state index >= 15 is 0 Å². The van der Waals surface area contributed by atoms with Gasteiger partial charge in [0.05, 0.1) is 7.11 Å². The average Bonchev–Trinajstić information content (AvgIpc) is 1.98. The molecule has 0 saturated carbocycles. The van der Waals surface area contributed by atoms with Crippen LogP contribution in [-0.2, 0) is 9.53 Å². The van der Waals surface area contributed by atoms with Crippen molar-refractivity contribution in [3.8, 4) is 0 Å². The second kappa shape index (κ2) is 4.91.